The van der Waals surface area contributed by atoms with Gasteiger partial charge < -0.3 is 14.4 Å². The Kier molecular flexibility index (Phi) is 3.26. The van der Waals surface area contributed by atoms with Crippen LogP contribution in [0.3, 0.4) is 0 Å². The van der Waals surface area contributed by atoms with Crippen LogP contribution in [-0.4, -0.2) is 32.2 Å². The molecule has 6 heteroatoms. The minimum absolute atomic E-state index is 0.0294. The summed E-state index contributed by atoms with van der Waals surface area (Å²) in [6.07, 6.45) is 6.32. The number of aromatic nitrogens is 2. The molecular weight excluding hydrogens is 282 g/mol. The summed E-state index contributed by atoms with van der Waals surface area (Å²) in [7, 11) is 0. The third-order valence-electron chi connectivity index (χ3n) is 4.55. The van der Waals surface area contributed by atoms with Crippen LogP contribution in [0.5, 0.6) is 0 Å². The third kappa shape index (κ3) is 2.33. The molecule has 1 fully saturated rings. The van der Waals surface area contributed by atoms with Gasteiger partial charge in [-0.2, -0.15) is 5.10 Å². The maximum Gasteiger partial charge on any atom is 0.257 e. The molecule has 0 atom stereocenters. The van der Waals surface area contributed by atoms with Crippen molar-refractivity contribution in [1.82, 2.24) is 14.7 Å². The summed E-state index contributed by atoms with van der Waals surface area (Å²) in [5.41, 5.74) is 3.48. The lowest BCUT2D eigenvalue weighted by atomic mass is 10.0. The van der Waals surface area contributed by atoms with Crippen LogP contribution in [0.25, 0.3) is 0 Å². The summed E-state index contributed by atoms with van der Waals surface area (Å²) in [5.74, 6) is 0.708. The van der Waals surface area contributed by atoms with Crippen LogP contribution < -0.4 is 0 Å². The van der Waals surface area contributed by atoms with Crippen molar-refractivity contribution >= 4 is 5.91 Å². The van der Waals surface area contributed by atoms with E-state index in [1.54, 1.807) is 11.0 Å². The van der Waals surface area contributed by atoms with Crippen molar-refractivity contribution in [3.63, 3.8) is 0 Å². The third-order valence-corrected chi connectivity index (χ3v) is 4.55. The van der Waals surface area contributed by atoms with Crippen molar-refractivity contribution in [1.29, 1.82) is 0 Å². The van der Waals surface area contributed by atoms with Gasteiger partial charge in [0.2, 0.25) is 0 Å². The number of fused-ring (bicyclic) bond motifs is 1. The van der Waals surface area contributed by atoms with Gasteiger partial charge in [0.25, 0.3) is 5.91 Å². The van der Waals surface area contributed by atoms with E-state index in [1.165, 1.54) is 31.1 Å². The molecular formula is C16H19N3O3. The number of furan rings is 1. The number of amides is 1. The SMILES string of the molecule is O=C(c1ccoc1)N1CCc2c(c(CO)nn2CC2CC2)C1. The Labute approximate surface area is 128 Å². The number of nitrogens with zero attached hydrogens (tertiary/aromatic N) is 3. The maximum atomic E-state index is 12.4. The zero-order valence-electron chi connectivity index (χ0n) is 12.4. The molecule has 1 aliphatic carbocycles. The van der Waals surface area contributed by atoms with Crippen LogP contribution in [0, 0.1) is 5.92 Å². The Bertz CT molecular complexity index is 686. The number of hydrogen-bond acceptors (Lipinski definition) is 4. The Morgan fingerprint density at radius 3 is 3.00 bits per heavy atom. The highest BCUT2D eigenvalue weighted by molar-refractivity contribution is 5.93. The first-order valence-electron chi connectivity index (χ1n) is 7.76. The van der Waals surface area contributed by atoms with Crippen LogP contribution in [0.1, 0.15) is 40.2 Å². The van der Waals surface area contributed by atoms with Crippen LogP contribution >= 0.6 is 0 Å². The van der Waals surface area contributed by atoms with Crippen LogP contribution in [0.2, 0.25) is 0 Å². The molecule has 4 rings (SSSR count). The van der Waals surface area contributed by atoms with E-state index in [0.717, 1.165) is 24.4 Å². The van der Waals surface area contributed by atoms with Gasteiger partial charge in [0.05, 0.1) is 24.1 Å². The zero-order valence-corrected chi connectivity index (χ0v) is 12.4. The molecule has 6 nitrogen and oxygen atoms in total. The Morgan fingerprint density at radius 1 is 1.45 bits per heavy atom. The van der Waals surface area contributed by atoms with E-state index in [2.05, 4.69) is 9.78 Å². The average molecular weight is 301 g/mol. The lowest BCUT2D eigenvalue weighted by Crippen LogP contribution is -2.36. The number of rotatable bonds is 4. The molecule has 0 saturated heterocycles. The fourth-order valence-electron chi connectivity index (χ4n) is 3.13. The number of aliphatic hydroxyl groups is 1. The molecule has 3 heterocycles. The zero-order chi connectivity index (χ0) is 15.1. The molecule has 1 amide bonds. The summed E-state index contributed by atoms with van der Waals surface area (Å²) in [5, 5.41) is 14.1. The molecule has 22 heavy (non-hydrogen) atoms. The summed E-state index contributed by atoms with van der Waals surface area (Å²) in [4.78, 5) is 14.2. The van der Waals surface area contributed by atoms with Gasteiger partial charge in [0.15, 0.2) is 0 Å². The topological polar surface area (TPSA) is 71.5 Å². The van der Waals surface area contributed by atoms with E-state index in [4.69, 9.17) is 4.42 Å². The Morgan fingerprint density at radius 2 is 2.32 bits per heavy atom. The van der Waals surface area contributed by atoms with Gasteiger partial charge in [0.1, 0.15) is 6.26 Å². The van der Waals surface area contributed by atoms with Crippen molar-refractivity contribution in [3.05, 3.63) is 41.1 Å². The van der Waals surface area contributed by atoms with Gasteiger partial charge in [-0.05, 0) is 24.8 Å². The van der Waals surface area contributed by atoms with Crippen LogP contribution in [0.15, 0.2) is 23.0 Å². The van der Waals surface area contributed by atoms with Crippen LogP contribution in [0.4, 0.5) is 0 Å². The van der Waals surface area contributed by atoms with E-state index in [-0.39, 0.29) is 12.5 Å². The lowest BCUT2D eigenvalue weighted by Gasteiger charge is -2.27. The molecule has 1 saturated carbocycles. The molecule has 2 aromatic heterocycles. The summed E-state index contributed by atoms with van der Waals surface area (Å²) >= 11 is 0. The van der Waals surface area contributed by atoms with Crippen molar-refractivity contribution in [2.45, 2.75) is 39.0 Å². The Balaban J connectivity index is 1.59. The minimum Gasteiger partial charge on any atom is -0.472 e. The first-order chi connectivity index (χ1) is 10.8. The molecule has 0 radical (unpaired) electrons. The smallest absolute Gasteiger partial charge is 0.257 e. The predicted octanol–water partition coefficient (Wildman–Crippen LogP) is 1.58. The number of carbonyl (C=O) groups excluding carboxylic acids is 1. The number of hydrogen-bond donors (Lipinski definition) is 1. The van der Waals surface area contributed by atoms with Crippen molar-refractivity contribution in [3.8, 4) is 0 Å². The molecule has 116 valence electrons. The average Bonchev–Trinajstić information content (AvgIpc) is 3.07. The van der Waals surface area contributed by atoms with Crippen molar-refractivity contribution in [2.75, 3.05) is 6.54 Å². The van der Waals surface area contributed by atoms with Gasteiger partial charge in [-0.1, -0.05) is 0 Å². The van der Waals surface area contributed by atoms with E-state index >= 15 is 0 Å². The van der Waals surface area contributed by atoms with Gasteiger partial charge in [-0.15, -0.1) is 0 Å². The number of carbonyl (C=O) groups is 1. The second-order valence-corrected chi connectivity index (χ2v) is 6.14. The molecule has 1 N–H and O–H groups in total. The molecule has 2 aromatic rings. The van der Waals surface area contributed by atoms with E-state index in [1.807, 2.05) is 0 Å². The van der Waals surface area contributed by atoms with Crippen molar-refractivity contribution < 1.29 is 14.3 Å². The molecule has 0 unspecified atom stereocenters. The minimum atomic E-state index is -0.0757. The molecule has 1 aliphatic heterocycles. The fraction of sp³-hybridized carbons (Fsp3) is 0.500. The van der Waals surface area contributed by atoms with Crippen LogP contribution in [-0.2, 0) is 26.1 Å². The largest absolute Gasteiger partial charge is 0.472 e. The first kappa shape index (κ1) is 13.6. The lowest BCUT2D eigenvalue weighted by molar-refractivity contribution is 0.0731. The van der Waals surface area contributed by atoms with E-state index < -0.39 is 0 Å². The fourth-order valence-corrected chi connectivity index (χ4v) is 3.13. The van der Waals surface area contributed by atoms with Crippen molar-refractivity contribution in [2.24, 2.45) is 5.92 Å². The van der Waals surface area contributed by atoms with E-state index in [0.29, 0.717) is 24.3 Å². The molecule has 0 aromatic carbocycles. The summed E-state index contributed by atoms with van der Waals surface area (Å²) in [6.45, 7) is 2.06. The highest BCUT2D eigenvalue weighted by atomic mass is 16.3. The van der Waals surface area contributed by atoms with Gasteiger partial charge >= 0.3 is 0 Å². The molecule has 0 spiro atoms. The first-order valence-corrected chi connectivity index (χ1v) is 7.76. The van der Waals surface area contributed by atoms with E-state index in [9.17, 15) is 9.90 Å². The molecule has 2 aliphatic rings. The monoisotopic (exact) mass is 301 g/mol. The highest BCUT2D eigenvalue weighted by Gasteiger charge is 2.30. The van der Waals surface area contributed by atoms with Gasteiger partial charge in [-0.3, -0.25) is 9.48 Å². The normalized spacial score (nSPS) is 17.6. The molecule has 0 bridgehead atoms. The second kappa shape index (κ2) is 5.28. The number of aliphatic hydroxyl groups excluding tert-OH is 1. The maximum absolute atomic E-state index is 12.4. The summed E-state index contributed by atoms with van der Waals surface area (Å²) in [6, 6.07) is 1.68. The highest BCUT2D eigenvalue weighted by Crippen LogP contribution is 2.32. The standard InChI is InChI=1S/C16H19N3O3/c20-9-14-13-8-18(16(21)12-4-6-22-10-12)5-3-15(13)19(17-14)7-11-1-2-11/h4,6,10-11,20H,1-3,5,7-9H2. The quantitative estimate of drug-likeness (QED) is 0.930. The van der Waals surface area contributed by atoms with Gasteiger partial charge in [-0.25, -0.2) is 0 Å². The predicted molar refractivity (Wildman–Crippen MR) is 78.0 cm³/mol. The second-order valence-electron chi connectivity index (χ2n) is 6.14. The summed E-state index contributed by atoms with van der Waals surface area (Å²) < 4.78 is 7.05. The Hall–Kier alpha value is -2.08. The van der Waals surface area contributed by atoms with Gasteiger partial charge in [0, 0.05) is 37.3 Å².